The monoisotopic (exact) mass is 329 g/mol. The van der Waals surface area contributed by atoms with Crippen LogP contribution in [0.1, 0.15) is 35.9 Å². The van der Waals surface area contributed by atoms with Crippen molar-refractivity contribution in [3.63, 3.8) is 0 Å². The third-order valence-electron chi connectivity index (χ3n) is 3.17. The molecule has 0 saturated carbocycles. The molecule has 2 atom stereocenters. The minimum atomic E-state index is -0.617. The number of rotatable bonds is 4. The van der Waals surface area contributed by atoms with Gasteiger partial charge in [-0.3, -0.25) is 0 Å². The van der Waals surface area contributed by atoms with Crippen molar-refractivity contribution in [1.29, 1.82) is 0 Å². The first-order chi connectivity index (χ1) is 11.0. The second-order valence-electron chi connectivity index (χ2n) is 4.80. The summed E-state index contributed by atoms with van der Waals surface area (Å²) in [5, 5.41) is 7.74. The van der Waals surface area contributed by atoms with Crippen molar-refractivity contribution in [3.8, 4) is 11.8 Å². The Hall–Kier alpha value is -2.58. The summed E-state index contributed by atoms with van der Waals surface area (Å²) in [6.45, 7) is 7.05. The van der Waals surface area contributed by atoms with Gasteiger partial charge in [0.15, 0.2) is 17.0 Å². The van der Waals surface area contributed by atoms with Gasteiger partial charge in [-0.2, -0.15) is 0 Å². The number of nitrogens with zero attached hydrogens (tertiary/aromatic N) is 3. The first-order valence-electron chi connectivity index (χ1n) is 7.03. The number of allylic oxidation sites excluding steroid dienone is 1. The molecule has 118 valence electrons. The van der Waals surface area contributed by atoms with Crippen LogP contribution in [-0.4, -0.2) is 27.1 Å². The van der Waals surface area contributed by atoms with Crippen molar-refractivity contribution in [2.75, 3.05) is 0 Å². The molecule has 0 spiro atoms. The van der Waals surface area contributed by atoms with Crippen LogP contribution >= 0.6 is 11.6 Å². The average molecular weight is 330 g/mol. The van der Waals surface area contributed by atoms with E-state index in [-0.39, 0.29) is 16.9 Å². The zero-order chi connectivity index (χ0) is 16.8. The summed E-state index contributed by atoms with van der Waals surface area (Å²) in [4.78, 5) is 12.4. The lowest BCUT2D eigenvalue weighted by atomic mass is 10.1. The Morgan fingerprint density at radius 2 is 2.09 bits per heavy atom. The highest BCUT2D eigenvalue weighted by Gasteiger charge is 2.25. The Bertz CT molecular complexity index is 759. The highest BCUT2D eigenvalue weighted by Crippen LogP contribution is 2.23. The summed E-state index contributed by atoms with van der Waals surface area (Å²) in [5.74, 6) is 4.75. The van der Waals surface area contributed by atoms with Crippen LogP contribution in [0.4, 0.5) is 0 Å². The van der Waals surface area contributed by atoms with Crippen LogP contribution in [0.25, 0.3) is 0 Å². The summed E-state index contributed by atoms with van der Waals surface area (Å²) in [7, 11) is 0. The summed E-state index contributed by atoms with van der Waals surface area (Å²) in [5.41, 5.74) is 1.08. The zero-order valence-electron chi connectivity index (χ0n) is 12.9. The molecule has 0 N–H and O–H groups in total. The maximum Gasteiger partial charge on any atom is 0.361 e. The minimum Gasteiger partial charge on any atom is -0.445 e. The van der Waals surface area contributed by atoms with Crippen LogP contribution in [0.5, 0.6) is 0 Å². The maximum atomic E-state index is 12.4. The molecule has 0 fully saturated rings. The Balaban J connectivity index is 2.28. The van der Waals surface area contributed by atoms with E-state index < -0.39 is 12.1 Å². The number of halogens is 1. The predicted octanol–water partition coefficient (Wildman–Crippen LogP) is 3.28. The molecule has 1 aromatic heterocycles. The van der Waals surface area contributed by atoms with Crippen LogP contribution in [-0.2, 0) is 4.74 Å². The molecule has 2 rings (SSSR count). The van der Waals surface area contributed by atoms with Crippen LogP contribution in [0, 0.1) is 11.8 Å². The number of aromatic nitrogens is 3. The van der Waals surface area contributed by atoms with E-state index in [2.05, 4.69) is 28.7 Å². The number of carbonyl (C=O) groups is 1. The Morgan fingerprint density at radius 3 is 2.74 bits per heavy atom. The van der Waals surface area contributed by atoms with E-state index in [4.69, 9.17) is 16.3 Å². The quantitative estimate of drug-likeness (QED) is 0.638. The van der Waals surface area contributed by atoms with Crippen LogP contribution in [0.3, 0.4) is 0 Å². The first kappa shape index (κ1) is 16.8. The lowest BCUT2D eigenvalue weighted by Gasteiger charge is -2.15. The topological polar surface area (TPSA) is 57.0 Å². The van der Waals surface area contributed by atoms with E-state index in [0.29, 0.717) is 0 Å². The molecule has 0 aliphatic rings. The van der Waals surface area contributed by atoms with Crippen molar-refractivity contribution in [3.05, 3.63) is 59.4 Å². The normalized spacial score (nSPS) is 12.7. The molecule has 0 aliphatic carbocycles. The molecule has 2 aromatic rings. The third kappa shape index (κ3) is 3.99. The second kappa shape index (κ2) is 7.61. The molecule has 6 heteroatoms. The van der Waals surface area contributed by atoms with E-state index in [1.165, 1.54) is 10.8 Å². The van der Waals surface area contributed by atoms with Crippen LogP contribution in [0.2, 0.25) is 5.15 Å². The average Bonchev–Trinajstić information content (AvgIpc) is 2.94. The minimum absolute atomic E-state index is 0.00154. The molecule has 0 amide bonds. The van der Waals surface area contributed by atoms with Gasteiger partial charge >= 0.3 is 5.97 Å². The van der Waals surface area contributed by atoms with E-state index in [0.717, 1.165) is 5.56 Å². The molecule has 0 bridgehead atoms. The van der Waals surface area contributed by atoms with Gasteiger partial charge in [-0.15, -0.1) is 5.10 Å². The first-order valence-corrected chi connectivity index (χ1v) is 7.41. The number of hydrogen-bond acceptors (Lipinski definition) is 4. The summed E-state index contributed by atoms with van der Waals surface area (Å²) < 4.78 is 6.71. The van der Waals surface area contributed by atoms with E-state index >= 15 is 0 Å². The van der Waals surface area contributed by atoms with Crippen LogP contribution in [0.15, 0.2) is 43.0 Å². The number of ether oxygens (including phenoxy) is 1. The van der Waals surface area contributed by atoms with Gasteiger partial charge in [-0.25, -0.2) is 9.48 Å². The molecule has 0 radical (unpaired) electrons. The van der Waals surface area contributed by atoms with Crippen molar-refractivity contribution in [1.82, 2.24) is 15.0 Å². The number of carbonyl (C=O) groups excluding carboxylic acids is 1. The van der Waals surface area contributed by atoms with Crippen molar-refractivity contribution < 1.29 is 9.53 Å². The Labute approximate surface area is 139 Å². The fourth-order valence-electron chi connectivity index (χ4n) is 2.02. The zero-order valence-corrected chi connectivity index (χ0v) is 13.6. The van der Waals surface area contributed by atoms with Gasteiger partial charge in [-0.1, -0.05) is 65.6 Å². The Morgan fingerprint density at radius 1 is 1.39 bits per heavy atom. The molecule has 1 unspecified atom stereocenters. The van der Waals surface area contributed by atoms with Gasteiger partial charge in [0, 0.05) is 0 Å². The number of hydrogen-bond donors (Lipinski definition) is 0. The summed E-state index contributed by atoms with van der Waals surface area (Å²) >= 11 is 6.01. The number of benzene rings is 1. The SMILES string of the molecule is C=CC#CC(C)OC(=O)c1c(Cl)nnn1[C@H](C)c1ccccc1. The van der Waals surface area contributed by atoms with Crippen molar-refractivity contribution in [2.45, 2.75) is 26.0 Å². The molecule has 1 aromatic carbocycles. The smallest absolute Gasteiger partial charge is 0.361 e. The van der Waals surface area contributed by atoms with E-state index in [1.54, 1.807) is 6.92 Å². The predicted molar refractivity (Wildman–Crippen MR) is 88.1 cm³/mol. The molecule has 0 aliphatic heterocycles. The standard InChI is InChI=1S/C17H16ClN3O2/c1-4-5-9-12(2)23-17(22)15-16(18)19-20-21(15)13(3)14-10-7-6-8-11-14/h4,6-8,10-13H,1H2,2-3H3/t12?,13-/m1/s1. The third-order valence-corrected chi connectivity index (χ3v) is 3.42. The fourth-order valence-corrected chi connectivity index (χ4v) is 2.22. The van der Waals surface area contributed by atoms with Gasteiger partial charge in [-0.05, 0) is 25.5 Å². The van der Waals surface area contributed by atoms with Crippen LogP contribution < -0.4 is 0 Å². The molecule has 1 heterocycles. The summed E-state index contributed by atoms with van der Waals surface area (Å²) in [6.07, 6.45) is 0.840. The second-order valence-corrected chi connectivity index (χ2v) is 5.16. The Kier molecular flexibility index (Phi) is 5.56. The van der Waals surface area contributed by atoms with Gasteiger partial charge in [0.25, 0.3) is 0 Å². The van der Waals surface area contributed by atoms with Crippen molar-refractivity contribution in [2.24, 2.45) is 0 Å². The lowest BCUT2D eigenvalue weighted by Crippen LogP contribution is -2.20. The maximum absolute atomic E-state index is 12.4. The highest BCUT2D eigenvalue weighted by molar-refractivity contribution is 6.32. The van der Waals surface area contributed by atoms with E-state index in [9.17, 15) is 4.79 Å². The molecule has 23 heavy (non-hydrogen) atoms. The van der Waals surface area contributed by atoms with Gasteiger partial charge in [0.05, 0.1) is 6.04 Å². The molecular weight excluding hydrogens is 314 g/mol. The highest BCUT2D eigenvalue weighted by atomic mass is 35.5. The van der Waals surface area contributed by atoms with Gasteiger partial charge < -0.3 is 4.74 Å². The largest absolute Gasteiger partial charge is 0.445 e. The summed E-state index contributed by atoms with van der Waals surface area (Å²) in [6, 6.07) is 9.40. The molecule has 0 saturated heterocycles. The van der Waals surface area contributed by atoms with Crippen molar-refractivity contribution >= 4 is 17.6 Å². The molecule has 5 nitrogen and oxygen atoms in total. The fraction of sp³-hybridized carbons (Fsp3) is 0.235. The van der Waals surface area contributed by atoms with Gasteiger partial charge in [0.1, 0.15) is 0 Å². The lowest BCUT2D eigenvalue weighted by molar-refractivity contribution is 0.0423. The number of esters is 1. The molecular formula is C17H16ClN3O2. The van der Waals surface area contributed by atoms with Gasteiger partial charge in [0.2, 0.25) is 0 Å². The van der Waals surface area contributed by atoms with E-state index in [1.807, 2.05) is 37.3 Å².